The third-order valence-electron chi connectivity index (χ3n) is 14.2. The van der Waals surface area contributed by atoms with Gasteiger partial charge in [-0.15, -0.1) is 5.10 Å². The number of carbonyl (C=O) groups is 5. The predicted octanol–water partition coefficient (Wildman–Crippen LogP) is 4.41. The van der Waals surface area contributed by atoms with Gasteiger partial charge in [-0.05, 0) is 111 Å². The molecule has 0 spiro atoms. The van der Waals surface area contributed by atoms with Gasteiger partial charge in [-0.25, -0.2) is 4.79 Å². The molecule has 0 saturated carbocycles. The van der Waals surface area contributed by atoms with E-state index in [9.17, 15) is 43.2 Å². The standard InChI is InChI=1S/C48H76N8O13.CH3FS/c1-11-37-48(7)41(56(46(64)69-48)20-13-12-19-55-26-35(52-53-55)31-15-14-16-32(49)22-31)33(17-18-50-34(43(61)62)23-38(57)58)51-25-27(2)24-47(6,65-10)42(29(4)39(59)30(5)44(63)67-37)68-45-40(60)36(54(8)9)21-28(3)66-45;1-3-2/h14-16,22,26-30,33-34,36-37,40-42,45,50-51,60H,11-13,17-21,23-25,49H2,1-10H3,(H,57,58)(H,61,62);1H3/t27-,28?,29+,30-,33-,34-,36?,37-,40?,41-,42-,45+,47-,48-;/m1./s1. The lowest BCUT2D eigenvalue weighted by atomic mass is 9.78. The first-order valence-electron chi connectivity index (χ1n) is 24.7. The van der Waals surface area contributed by atoms with Crippen molar-refractivity contribution in [1.82, 2.24) is 35.4 Å². The maximum absolute atomic E-state index is 14.6. The van der Waals surface area contributed by atoms with Gasteiger partial charge in [-0.2, -0.15) is 3.89 Å². The molecule has 4 heterocycles. The van der Waals surface area contributed by atoms with E-state index in [1.807, 2.05) is 64.2 Å². The molecule has 21 nitrogen and oxygen atoms in total. The Balaban J connectivity index is 0.00000365. The molecule has 0 bridgehead atoms. The van der Waals surface area contributed by atoms with E-state index in [0.717, 1.165) is 5.56 Å². The summed E-state index contributed by atoms with van der Waals surface area (Å²) in [6, 6.07) is 4.16. The number of carboxylic acid groups (broad SMARTS) is 2. The number of nitrogens with two attached hydrogens (primary N) is 1. The monoisotopic (exact) mass is 1040 g/mol. The number of carboxylic acids is 2. The molecule has 1 aromatic heterocycles. The molecule has 1 amide bonds. The van der Waals surface area contributed by atoms with Crippen LogP contribution in [0.25, 0.3) is 11.3 Å². The fraction of sp³-hybridized carbons (Fsp3) is 0.735. The number of ether oxygens (including phenoxy) is 5. The van der Waals surface area contributed by atoms with Gasteiger partial charge in [-0.1, -0.05) is 38.1 Å². The van der Waals surface area contributed by atoms with Crippen molar-refractivity contribution in [3.05, 3.63) is 30.5 Å². The van der Waals surface area contributed by atoms with Crippen molar-refractivity contribution in [2.45, 2.75) is 166 Å². The number of aliphatic hydroxyl groups is 1. The summed E-state index contributed by atoms with van der Waals surface area (Å²) in [5.74, 6) is -6.42. The molecule has 3 fully saturated rings. The van der Waals surface area contributed by atoms with E-state index in [1.165, 1.54) is 20.3 Å². The highest BCUT2D eigenvalue weighted by atomic mass is 32.2. The first-order valence-corrected chi connectivity index (χ1v) is 25.8. The van der Waals surface area contributed by atoms with Gasteiger partial charge in [0.15, 0.2) is 17.7 Å². The van der Waals surface area contributed by atoms with Crippen LogP contribution in [-0.2, 0) is 49.4 Å². The van der Waals surface area contributed by atoms with Gasteiger partial charge >= 0.3 is 24.0 Å². The number of methoxy groups -OCH3 is 1. The van der Waals surface area contributed by atoms with Gasteiger partial charge in [0.1, 0.15) is 29.9 Å². The van der Waals surface area contributed by atoms with Crippen molar-refractivity contribution < 1.29 is 66.9 Å². The number of rotatable bonds is 18. The number of aliphatic hydroxyl groups excluding tert-OH is 1. The number of unbranched alkanes of at least 4 members (excludes halogenated alkanes) is 1. The molecule has 7 N–H and O–H groups in total. The number of aromatic nitrogens is 3. The Hall–Kier alpha value is -4.49. The van der Waals surface area contributed by atoms with Crippen LogP contribution < -0.4 is 16.4 Å². The Morgan fingerprint density at radius 1 is 1.12 bits per heavy atom. The maximum atomic E-state index is 14.6. The van der Waals surface area contributed by atoms with Gasteiger partial charge in [0, 0.05) is 67.9 Å². The van der Waals surface area contributed by atoms with E-state index in [2.05, 4.69) is 20.9 Å². The second-order valence-corrected chi connectivity index (χ2v) is 20.3. The van der Waals surface area contributed by atoms with E-state index >= 15 is 0 Å². The molecule has 3 unspecified atom stereocenters. The van der Waals surface area contributed by atoms with Crippen molar-refractivity contribution in [2.24, 2.45) is 17.8 Å². The number of ketones is 1. The number of nitrogens with one attached hydrogen (secondary N) is 2. The Kier molecular flexibility index (Phi) is 22.7. The lowest BCUT2D eigenvalue weighted by Crippen LogP contribution is -2.62. The van der Waals surface area contributed by atoms with E-state index in [-0.39, 0.29) is 56.1 Å². The highest BCUT2D eigenvalue weighted by molar-refractivity contribution is 7.93. The molecule has 0 radical (unpaired) electrons. The largest absolute Gasteiger partial charge is 0.481 e. The quantitative estimate of drug-likeness (QED) is 0.0522. The van der Waals surface area contributed by atoms with Crippen LogP contribution >= 0.6 is 12.1 Å². The number of halogens is 1. The average Bonchev–Trinajstić information content (AvgIpc) is 3.90. The van der Waals surface area contributed by atoms with Gasteiger partial charge in [0.25, 0.3) is 0 Å². The van der Waals surface area contributed by atoms with Crippen LogP contribution in [0.1, 0.15) is 93.4 Å². The summed E-state index contributed by atoms with van der Waals surface area (Å²) in [5.41, 5.74) is 5.37. The van der Waals surface area contributed by atoms with Crippen LogP contribution in [0.4, 0.5) is 14.4 Å². The number of aliphatic carboxylic acids is 2. The molecule has 406 valence electrons. The number of Topliss-reactive ketones (excluding diaryl/α,β-unsaturated/α-hetero) is 1. The van der Waals surface area contributed by atoms with Crippen LogP contribution in [0, 0.1) is 17.8 Å². The molecule has 23 heteroatoms. The van der Waals surface area contributed by atoms with Crippen LogP contribution in [0.2, 0.25) is 0 Å². The molecule has 3 aliphatic rings. The number of aryl methyl sites for hydroxylation is 1. The number of nitrogens with zero attached hydrogens (tertiary/aromatic N) is 5. The summed E-state index contributed by atoms with van der Waals surface area (Å²) in [4.78, 5) is 70.4. The zero-order valence-corrected chi connectivity index (χ0v) is 44.4. The van der Waals surface area contributed by atoms with Gasteiger partial charge in [0.2, 0.25) is 0 Å². The highest BCUT2D eigenvalue weighted by Crippen LogP contribution is 2.41. The van der Waals surface area contributed by atoms with Crippen molar-refractivity contribution in [2.75, 3.05) is 52.8 Å². The zero-order chi connectivity index (χ0) is 53.7. The van der Waals surface area contributed by atoms with Crippen molar-refractivity contribution in [3.8, 4) is 11.3 Å². The lowest BCUT2D eigenvalue weighted by molar-refractivity contribution is -0.295. The second-order valence-electron chi connectivity index (χ2n) is 20.0. The number of esters is 1. The molecule has 1 aromatic carbocycles. The molecule has 3 aliphatic heterocycles. The van der Waals surface area contributed by atoms with E-state index in [0.29, 0.717) is 50.2 Å². The summed E-state index contributed by atoms with van der Waals surface area (Å²) >= 11 is 0.250. The Labute approximate surface area is 427 Å². The van der Waals surface area contributed by atoms with Crippen LogP contribution in [0.15, 0.2) is 30.5 Å². The van der Waals surface area contributed by atoms with Gasteiger partial charge < -0.3 is 60.3 Å². The predicted molar refractivity (Wildman–Crippen MR) is 267 cm³/mol. The molecule has 3 saturated heterocycles. The Bertz CT molecular complexity index is 2110. The number of fused-ring (bicyclic) bond motifs is 1. The fourth-order valence-corrected chi connectivity index (χ4v) is 10.4. The minimum atomic E-state index is -1.50. The van der Waals surface area contributed by atoms with E-state index in [1.54, 1.807) is 36.4 Å². The number of cyclic esters (lactones) is 1. The van der Waals surface area contributed by atoms with Crippen LogP contribution in [-0.4, -0.2) is 183 Å². The van der Waals surface area contributed by atoms with Crippen molar-refractivity contribution in [1.29, 1.82) is 0 Å². The molecular weight excluding hydrogens is 960 g/mol. The molecule has 0 aliphatic carbocycles. The average molecular weight is 1040 g/mol. The summed E-state index contributed by atoms with van der Waals surface area (Å²) < 4.78 is 43.6. The first-order chi connectivity index (χ1) is 33.9. The molecule has 14 atom stereocenters. The number of carbonyl (C=O) groups excluding carboxylic acids is 3. The number of hydrogen-bond donors (Lipinski definition) is 6. The van der Waals surface area contributed by atoms with E-state index < -0.39 is 102 Å². The molecular formula is C49H79FN8O13S. The lowest BCUT2D eigenvalue weighted by Gasteiger charge is -2.46. The smallest absolute Gasteiger partial charge is 0.410 e. The number of hydrogen-bond acceptors (Lipinski definition) is 18. The third-order valence-corrected chi connectivity index (χ3v) is 14.2. The van der Waals surface area contributed by atoms with E-state index in [4.69, 9.17) is 29.4 Å². The van der Waals surface area contributed by atoms with Gasteiger partial charge in [-0.3, -0.25) is 28.8 Å². The topological polar surface area (TPSA) is 279 Å². The van der Waals surface area contributed by atoms with Gasteiger partial charge in [0.05, 0.1) is 36.5 Å². The molecule has 2 aromatic rings. The fourth-order valence-electron chi connectivity index (χ4n) is 10.4. The Morgan fingerprint density at radius 2 is 1.81 bits per heavy atom. The highest BCUT2D eigenvalue weighted by Gasteiger charge is 2.59. The molecule has 72 heavy (non-hydrogen) atoms. The minimum absolute atomic E-state index is 0.0218. The number of amides is 1. The van der Waals surface area contributed by atoms with Crippen LogP contribution in [0.5, 0.6) is 0 Å². The van der Waals surface area contributed by atoms with Crippen molar-refractivity contribution in [3.63, 3.8) is 0 Å². The summed E-state index contributed by atoms with van der Waals surface area (Å²) in [6.45, 7) is 13.4. The summed E-state index contributed by atoms with van der Waals surface area (Å²) in [5, 5.41) is 46.0. The van der Waals surface area contributed by atoms with Crippen LogP contribution in [0.3, 0.4) is 0 Å². The van der Waals surface area contributed by atoms with Crippen molar-refractivity contribution >= 4 is 47.6 Å². The number of anilines is 1. The number of benzene rings is 1. The SMILES string of the molecule is CC[C@H]1OC(=O)[C@H](C)C(=O)[C@H](C)[C@@H](O[C@@H]2OC(C)CC(N(C)C)C2O)[C@](C)(OC)C[C@@H](C)CN[C@H](CCN[C@H](CC(=O)O)C(=O)O)[C@H]2N(CCCCn3cc(-c4cccc(N)c4)nn3)C(=O)O[C@]12C.CSF. The zero-order valence-electron chi connectivity index (χ0n) is 43.6. The summed E-state index contributed by atoms with van der Waals surface area (Å²) in [7, 11) is 5.25. The first kappa shape index (κ1) is 60.1. The minimum Gasteiger partial charge on any atom is -0.481 e. The number of nitrogen functional groups attached to an aromatic ring is 1. The maximum Gasteiger partial charge on any atom is 0.410 e. The molecule has 5 rings (SSSR count). The Morgan fingerprint density at radius 3 is 2.42 bits per heavy atom. The second kappa shape index (κ2) is 27.2. The normalized spacial score (nSPS) is 32.1. The summed E-state index contributed by atoms with van der Waals surface area (Å²) in [6.07, 6.45) is -0.373. The number of likely N-dealkylation sites (N-methyl/N-ethyl adjacent to an activating group) is 1. The third kappa shape index (κ3) is 15.3.